The molecule has 0 spiro atoms. The normalized spacial score (nSPS) is 12.1. The quantitative estimate of drug-likeness (QED) is 0.495. The predicted octanol–water partition coefficient (Wildman–Crippen LogP) is 3.32. The third-order valence-corrected chi connectivity index (χ3v) is 2.70. The van der Waals surface area contributed by atoms with Gasteiger partial charge in [-0.25, -0.2) is 0 Å². The summed E-state index contributed by atoms with van der Waals surface area (Å²) in [5.74, 6) is -2.36. The third-order valence-electron chi connectivity index (χ3n) is 2.70. The number of alkyl halides is 6. The fraction of sp³-hybridized carbons (Fsp3) is 0.154. The summed E-state index contributed by atoms with van der Waals surface area (Å²) >= 11 is 0. The van der Waals surface area contributed by atoms with Gasteiger partial charge in [0.25, 0.3) is 0 Å². The van der Waals surface area contributed by atoms with Crippen molar-refractivity contribution >= 4 is 5.84 Å². The van der Waals surface area contributed by atoms with Gasteiger partial charge in [0, 0.05) is 5.56 Å². The first-order chi connectivity index (χ1) is 11.0. The number of nitrogens with one attached hydrogen (secondary N) is 2. The lowest BCUT2D eigenvalue weighted by atomic mass is 10.1. The smallest absolute Gasteiger partial charge is 0.406 e. The molecule has 11 heteroatoms. The molecule has 0 unspecified atom stereocenters. The van der Waals surface area contributed by atoms with Gasteiger partial charge in [-0.1, -0.05) is 0 Å². The van der Waals surface area contributed by atoms with Gasteiger partial charge in [-0.3, -0.25) is 10.8 Å². The van der Waals surface area contributed by atoms with E-state index in [1.54, 1.807) is 0 Å². The molecular weight excluding hydrogens is 342 g/mol. The Kier molecular flexibility index (Phi) is 4.36. The highest BCUT2D eigenvalue weighted by Crippen LogP contribution is 2.25. The summed E-state index contributed by atoms with van der Waals surface area (Å²) in [4.78, 5) is 0. The predicted molar refractivity (Wildman–Crippen MR) is 69.4 cm³/mol. The average molecular weight is 350 g/mol. The molecule has 0 amide bonds. The van der Waals surface area contributed by atoms with Gasteiger partial charge in [0.1, 0.15) is 11.2 Å². The first kappa shape index (κ1) is 17.5. The van der Waals surface area contributed by atoms with E-state index in [9.17, 15) is 26.3 Å². The van der Waals surface area contributed by atoms with Crippen LogP contribution in [0.15, 0.2) is 36.4 Å². The highest BCUT2D eigenvalue weighted by molar-refractivity contribution is 5.86. The van der Waals surface area contributed by atoms with Gasteiger partial charge in [0.05, 0.1) is 5.69 Å². The van der Waals surface area contributed by atoms with Gasteiger partial charge < -0.3 is 4.74 Å². The van der Waals surface area contributed by atoms with E-state index in [0.29, 0.717) is 0 Å². The molecule has 1 aromatic carbocycles. The van der Waals surface area contributed by atoms with E-state index in [4.69, 9.17) is 10.8 Å². The Morgan fingerprint density at radius 1 is 0.958 bits per heavy atom. The Balaban J connectivity index is 2.37. The van der Waals surface area contributed by atoms with Crippen LogP contribution in [0.5, 0.6) is 5.75 Å². The molecule has 0 radical (unpaired) electrons. The number of hydrogen-bond donors (Lipinski definition) is 2. The van der Waals surface area contributed by atoms with Crippen LogP contribution in [0.3, 0.4) is 0 Å². The maximum absolute atomic E-state index is 12.6. The van der Waals surface area contributed by atoms with Crippen molar-refractivity contribution in [1.29, 1.82) is 10.8 Å². The molecule has 2 N–H and O–H groups in total. The topological polar surface area (TPSA) is 74.8 Å². The summed E-state index contributed by atoms with van der Waals surface area (Å²) in [5.41, 5.74) is -0.537. The molecule has 0 aliphatic heterocycles. The van der Waals surface area contributed by atoms with Crippen molar-refractivity contribution in [3.05, 3.63) is 41.9 Å². The van der Waals surface area contributed by atoms with Crippen LogP contribution in [0.2, 0.25) is 0 Å². The maximum atomic E-state index is 12.6. The first-order valence-corrected chi connectivity index (χ1v) is 6.15. The number of aromatic nitrogens is 2. The van der Waals surface area contributed by atoms with E-state index in [-0.39, 0.29) is 15.9 Å². The van der Waals surface area contributed by atoms with Crippen LogP contribution >= 0.6 is 0 Å². The number of nitrogens with zero attached hydrogens (tertiary/aromatic N) is 2. The molecule has 0 aliphatic carbocycles. The molecule has 0 saturated heterocycles. The lowest BCUT2D eigenvalue weighted by Crippen LogP contribution is -2.38. The first-order valence-electron chi connectivity index (χ1n) is 6.15. The van der Waals surface area contributed by atoms with E-state index < -0.39 is 29.6 Å². The zero-order valence-electron chi connectivity index (χ0n) is 11.5. The number of halogens is 6. The van der Waals surface area contributed by atoms with Gasteiger partial charge in [-0.2, -0.15) is 23.0 Å². The molecule has 0 fully saturated rings. The summed E-state index contributed by atoms with van der Waals surface area (Å²) in [6, 6.07) is 6.46. The Bertz CT molecular complexity index is 807. The van der Waals surface area contributed by atoms with Crippen LogP contribution in [0, 0.1) is 10.8 Å². The Hall–Kier alpha value is -2.85. The highest BCUT2D eigenvalue weighted by atomic mass is 19.4. The number of ether oxygens (including phenoxy) is 1. The molecule has 5 nitrogen and oxygen atoms in total. The molecule has 2 aromatic rings. The Labute approximate surface area is 130 Å². The van der Waals surface area contributed by atoms with Crippen LogP contribution in [-0.2, 0) is 0 Å². The summed E-state index contributed by atoms with van der Waals surface area (Å²) in [5, 5.41) is 17.9. The summed E-state index contributed by atoms with van der Waals surface area (Å²) in [7, 11) is 0. The molecule has 2 rings (SSSR count). The monoisotopic (exact) mass is 350 g/mol. The van der Waals surface area contributed by atoms with Crippen molar-refractivity contribution < 1.29 is 31.1 Å². The third kappa shape index (κ3) is 4.12. The van der Waals surface area contributed by atoms with Crippen LogP contribution in [0.1, 0.15) is 0 Å². The SMILES string of the molecule is N=C(n1nc(-c2ccc(OC(F)(F)F)cc2)ccc1=N)C(F)(F)F. The second kappa shape index (κ2) is 5.98. The number of benzene rings is 1. The Morgan fingerprint density at radius 3 is 2.04 bits per heavy atom. The number of hydrogen-bond acceptors (Lipinski definition) is 4. The van der Waals surface area contributed by atoms with E-state index >= 15 is 0 Å². The fourth-order valence-corrected chi connectivity index (χ4v) is 1.70. The standard InChI is InChI=1S/C13H8F6N4O/c14-12(15,16)11(21)23-10(20)6-5-9(22-23)7-1-3-8(4-2-7)24-13(17,18)19/h1-6,20-21H. The van der Waals surface area contributed by atoms with E-state index in [1.807, 2.05) is 0 Å². The van der Waals surface area contributed by atoms with Gasteiger partial charge >= 0.3 is 12.5 Å². The van der Waals surface area contributed by atoms with Crippen LogP contribution in [0.25, 0.3) is 11.3 Å². The van der Waals surface area contributed by atoms with Crippen molar-refractivity contribution in [3.8, 4) is 17.0 Å². The molecule has 0 aliphatic rings. The van der Waals surface area contributed by atoms with Gasteiger partial charge in [-0.15, -0.1) is 13.2 Å². The van der Waals surface area contributed by atoms with Crippen LogP contribution < -0.4 is 10.2 Å². The zero-order chi connectivity index (χ0) is 18.1. The summed E-state index contributed by atoms with van der Waals surface area (Å²) < 4.78 is 77.7. The molecule has 24 heavy (non-hydrogen) atoms. The molecule has 0 saturated carbocycles. The van der Waals surface area contributed by atoms with E-state index in [2.05, 4.69) is 9.84 Å². The van der Waals surface area contributed by atoms with Crippen LogP contribution in [-0.4, -0.2) is 28.2 Å². The minimum absolute atomic E-state index is 0.0569. The van der Waals surface area contributed by atoms with Crippen molar-refractivity contribution in [3.63, 3.8) is 0 Å². The van der Waals surface area contributed by atoms with Crippen molar-refractivity contribution in [1.82, 2.24) is 9.78 Å². The zero-order valence-corrected chi connectivity index (χ0v) is 11.5. The molecule has 128 valence electrons. The van der Waals surface area contributed by atoms with Crippen molar-refractivity contribution in [2.45, 2.75) is 12.5 Å². The molecule has 0 atom stereocenters. The summed E-state index contributed by atoms with van der Waals surface area (Å²) in [6.45, 7) is 0. The highest BCUT2D eigenvalue weighted by Gasteiger charge is 2.37. The Morgan fingerprint density at radius 2 is 1.54 bits per heavy atom. The van der Waals surface area contributed by atoms with Crippen molar-refractivity contribution in [2.75, 3.05) is 0 Å². The minimum Gasteiger partial charge on any atom is -0.406 e. The van der Waals surface area contributed by atoms with Gasteiger partial charge in [-0.05, 0) is 36.4 Å². The van der Waals surface area contributed by atoms with Crippen LogP contribution in [0.4, 0.5) is 26.3 Å². The molecular formula is C13H8F6N4O. The van der Waals surface area contributed by atoms with Crippen molar-refractivity contribution in [2.24, 2.45) is 0 Å². The van der Waals surface area contributed by atoms with E-state index in [1.165, 1.54) is 6.07 Å². The second-order valence-corrected chi connectivity index (χ2v) is 4.43. The lowest BCUT2D eigenvalue weighted by molar-refractivity contribution is -0.274. The molecule has 1 aromatic heterocycles. The largest absolute Gasteiger partial charge is 0.573 e. The number of rotatable bonds is 2. The molecule has 0 bridgehead atoms. The average Bonchev–Trinajstić information content (AvgIpc) is 2.45. The lowest BCUT2D eigenvalue weighted by Gasteiger charge is -2.12. The fourth-order valence-electron chi connectivity index (χ4n) is 1.70. The van der Waals surface area contributed by atoms with Gasteiger partial charge in [0.15, 0.2) is 0 Å². The van der Waals surface area contributed by atoms with E-state index in [0.717, 1.165) is 30.3 Å². The van der Waals surface area contributed by atoms with Gasteiger partial charge in [0.2, 0.25) is 5.84 Å². The summed E-state index contributed by atoms with van der Waals surface area (Å²) in [6.07, 6.45) is -9.87. The second-order valence-electron chi connectivity index (χ2n) is 4.43. The maximum Gasteiger partial charge on any atom is 0.573 e. The minimum atomic E-state index is -5.00. The molecule has 1 heterocycles.